The van der Waals surface area contributed by atoms with Gasteiger partial charge in [0, 0.05) is 32.7 Å². The zero-order valence-electron chi connectivity index (χ0n) is 9.95. The van der Waals surface area contributed by atoms with Crippen molar-refractivity contribution in [1.29, 1.82) is 0 Å². The fourth-order valence-electron chi connectivity index (χ4n) is 2.13. The van der Waals surface area contributed by atoms with Crippen molar-refractivity contribution >= 4 is 6.09 Å². The van der Waals surface area contributed by atoms with Crippen LogP contribution in [0.2, 0.25) is 0 Å². The summed E-state index contributed by atoms with van der Waals surface area (Å²) < 4.78 is 5.47. The molecule has 0 spiro atoms. The van der Waals surface area contributed by atoms with Crippen molar-refractivity contribution in [2.45, 2.75) is 18.9 Å². The molecule has 0 radical (unpaired) electrons. The molecule has 0 aliphatic carbocycles. The number of carbonyl (C=O) groups excluding carboxylic acids is 1. The molecular formula is C11H21N3O2. The molecule has 5 nitrogen and oxygen atoms in total. The van der Waals surface area contributed by atoms with Gasteiger partial charge in [-0.15, -0.1) is 0 Å². The summed E-state index contributed by atoms with van der Waals surface area (Å²) in [6.45, 7) is 5.31. The smallest absolute Gasteiger partial charge is 0.410 e. The highest BCUT2D eigenvalue weighted by Gasteiger charge is 2.24. The van der Waals surface area contributed by atoms with Crippen LogP contribution in [0.3, 0.4) is 0 Å². The van der Waals surface area contributed by atoms with Crippen LogP contribution in [-0.4, -0.2) is 68.3 Å². The molecule has 2 saturated heterocycles. The van der Waals surface area contributed by atoms with E-state index in [-0.39, 0.29) is 12.2 Å². The number of likely N-dealkylation sites (N-methyl/N-ethyl adjacent to an activating group) is 1. The van der Waals surface area contributed by atoms with Gasteiger partial charge in [-0.05, 0) is 26.4 Å². The average molecular weight is 227 g/mol. The molecular weight excluding hydrogens is 206 g/mol. The van der Waals surface area contributed by atoms with Gasteiger partial charge in [0.25, 0.3) is 0 Å². The van der Waals surface area contributed by atoms with Gasteiger partial charge in [-0.3, -0.25) is 0 Å². The Hall–Kier alpha value is -0.810. The van der Waals surface area contributed by atoms with E-state index in [4.69, 9.17) is 4.74 Å². The van der Waals surface area contributed by atoms with Crippen LogP contribution in [-0.2, 0) is 4.74 Å². The predicted octanol–water partition coefficient (Wildman–Crippen LogP) is 0.122. The van der Waals surface area contributed by atoms with E-state index in [0.717, 1.165) is 52.1 Å². The number of carbonyl (C=O) groups is 1. The largest absolute Gasteiger partial charge is 0.445 e. The van der Waals surface area contributed by atoms with Crippen LogP contribution in [0.15, 0.2) is 0 Å². The zero-order valence-corrected chi connectivity index (χ0v) is 9.95. The maximum absolute atomic E-state index is 11.8. The Morgan fingerprint density at radius 2 is 2.06 bits per heavy atom. The molecule has 16 heavy (non-hydrogen) atoms. The second-order valence-corrected chi connectivity index (χ2v) is 4.64. The number of ether oxygens (including phenoxy) is 1. The lowest BCUT2D eigenvalue weighted by Crippen LogP contribution is -2.49. The quantitative estimate of drug-likeness (QED) is 0.691. The van der Waals surface area contributed by atoms with Gasteiger partial charge in [0.1, 0.15) is 6.10 Å². The monoisotopic (exact) mass is 227 g/mol. The Bertz CT molecular complexity index is 233. The first-order valence-corrected chi connectivity index (χ1v) is 6.10. The molecule has 0 aromatic rings. The van der Waals surface area contributed by atoms with Crippen molar-refractivity contribution < 1.29 is 9.53 Å². The van der Waals surface area contributed by atoms with Gasteiger partial charge in [-0.25, -0.2) is 4.79 Å². The Morgan fingerprint density at radius 3 is 2.69 bits per heavy atom. The first-order chi connectivity index (χ1) is 7.75. The minimum absolute atomic E-state index is 0.0703. The highest BCUT2D eigenvalue weighted by atomic mass is 16.6. The van der Waals surface area contributed by atoms with Gasteiger partial charge in [0.2, 0.25) is 0 Å². The third-order valence-electron chi connectivity index (χ3n) is 3.28. The molecule has 1 amide bonds. The van der Waals surface area contributed by atoms with Gasteiger partial charge in [-0.1, -0.05) is 0 Å². The maximum Gasteiger partial charge on any atom is 0.410 e. The third kappa shape index (κ3) is 3.09. The molecule has 1 N–H and O–H groups in total. The lowest BCUT2D eigenvalue weighted by atomic mass is 10.1. The number of amides is 1. The number of hydrogen-bond acceptors (Lipinski definition) is 4. The summed E-state index contributed by atoms with van der Waals surface area (Å²) in [6, 6.07) is 0. The number of piperazine rings is 1. The molecule has 2 fully saturated rings. The number of nitrogens with one attached hydrogen (secondary N) is 1. The second kappa shape index (κ2) is 5.50. The number of piperidine rings is 1. The van der Waals surface area contributed by atoms with Gasteiger partial charge < -0.3 is 19.9 Å². The Morgan fingerprint density at radius 1 is 1.31 bits per heavy atom. The lowest BCUT2D eigenvalue weighted by molar-refractivity contribution is 0.0404. The molecule has 0 bridgehead atoms. The lowest BCUT2D eigenvalue weighted by Gasteiger charge is -2.33. The molecule has 5 heteroatoms. The fourth-order valence-corrected chi connectivity index (χ4v) is 2.13. The van der Waals surface area contributed by atoms with E-state index >= 15 is 0 Å². The average Bonchev–Trinajstić information content (AvgIpc) is 2.31. The van der Waals surface area contributed by atoms with Crippen LogP contribution in [0, 0.1) is 0 Å². The van der Waals surface area contributed by atoms with Gasteiger partial charge in [0.15, 0.2) is 0 Å². The van der Waals surface area contributed by atoms with E-state index in [1.807, 2.05) is 4.90 Å². The molecule has 92 valence electrons. The number of nitrogens with zero attached hydrogens (tertiary/aromatic N) is 2. The molecule has 0 saturated carbocycles. The van der Waals surface area contributed by atoms with Crippen LogP contribution >= 0.6 is 0 Å². The van der Waals surface area contributed by atoms with Gasteiger partial charge in [0.05, 0.1) is 0 Å². The zero-order chi connectivity index (χ0) is 11.4. The summed E-state index contributed by atoms with van der Waals surface area (Å²) in [5.74, 6) is 0. The van der Waals surface area contributed by atoms with Crippen LogP contribution < -0.4 is 5.32 Å². The van der Waals surface area contributed by atoms with E-state index in [0.29, 0.717) is 0 Å². The highest BCUT2D eigenvalue weighted by Crippen LogP contribution is 2.09. The summed E-state index contributed by atoms with van der Waals surface area (Å²) in [5, 5.41) is 3.25. The van der Waals surface area contributed by atoms with Crippen molar-refractivity contribution in [3.05, 3.63) is 0 Å². The number of rotatable bonds is 1. The standard InChI is InChI=1S/C11H21N3O2/c1-13-5-7-14(8-6-13)11(15)16-10-3-2-4-12-9-10/h10,12H,2-9H2,1H3/t10-/m1/s1. The molecule has 2 aliphatic rings. The predicted molar refractivity (Wildman–Crippen MR) is 61.4 cm³/mol. The van der Waals surface area contributed by atoms with Crippen LogP contribution in [0.4, 0.5) is 4.79 Å². The summed E-state index contributed by atoms with van der Waals surface area (Å²) in [7, 11) is 2.08. The maximum atomic E-state index is 11.8. The summed E-state index contributed by atoms with van der Waals surface area (Å²) in [6.07, 6.45) is 2.02. The van der Waals surface area contributed by atoms with Crippen molar-refractivity contribution in [1.82, 2.24) is 15.1 Å². The summed E-state index contributed by atoms with van der Waals surface area (Å²) in [4.78, 5) is 15.9. The summed E-state index contributed by atoms with van der Waals surface area (Å²) in [5.41, 5.74) is 0. The Balaban J connectivity index is 1.74. The van der Waals surface area contributed by atoms with E-state index < -0.39 is 0 Å². The molecule has 0 aromatic carbocycles. The first kappa shape index (κ1) is 11.7. The number of hydrogen-bond donors (Lipinski definition) is 1. The third-order valence-corrected chi connectivity index (χ3v) is 3.28. The SMILES string of the molecule is CN1CCN(C(=O)O[C@@H]2CCCNC2)CC1. The van der Waals surface area contributed by atoms with Crippen molar-refractivity contribution in [3.63, 3.8) is 0 Å². The molecule has 2 aliphatic heterocycles. The van der Waals surface area contributed by atoms with E-state index in [2.05, 4.69) is 17.3 Å². The topological polar surface area (TPSA) is 44.8 Å². The van der Waals surface area contributed by atoms with Crippen LogP contribution in [0.1, 0.15) is 12.8 Å². The minimum Gasteiger partial charge on any atom is -0.445 e. The van der Waals surface area contributed by atoms with Crippen LogP contribution in [0.5, 0.6) is 0 Å². The van der Waals surface area contributed by atoms with Gasteiger partial charge in [-0.2, -0.15) is 0 Å². The van der Waals surface area contributed by atoms with Crippen molar-refractivity contribution in [3.8, 4) is 0 Å². The highest BCUT2D eigenvalue weighted by molar-refractivity contribution is 5.68. The van der Waals surface area contributed by atoms with E-state index in [9.17, 15) is 4.79 Å². The normalized spacial score (nSPS) is 27.8. The van der Waals surface area contributed by atoms with Gasteiger partial charge >= 0.3 is 6.09 Å². The molecule has 2 heterocycles. The summed E-state index contributed by atoms with van der Waals surface area (Å²) >= 11 is 0. The fraction of sp³-hybridized carbons (Fsp3) is 0.909. The van der Waals surface area contributed by atoms with E-state index in [1.54, 1.807) is 0 Å². The van der Waals surface area contributed by atoms with Crippen molar-refractivity contribution in [2.75, 3.05) is 46.3 Å². The Kier molecular flexibility index (Phi) is 4.01. The molecule has 1 atom stereocenters. The molecule has 0 unspecified atom stereocenters. The van der Waals surface area contributed by atoms with E-state index in [1.165, 1.54) is 0 Å². The first-order valence-electron chi connectivity index (χ1n) is 6.10. The van der Waals surface area contributed by atoms with Crippen molar-refractivity contribution in [2.24, 2.45) is 0 Å². The minimum atomic E-state index is -0.137. The Labute approximate surface area is 96.7 Å². The van der Waals surface area contributed by atoms with Crippen LogP contribution in [0.25, 0.3) is 0 Å². The molecule has 2 rings (SSSR count). The molecule has 0 aromatic heterocycles. The second-order valence-electron chi connectivity index (χ2n) is 4.64.